The van der Waals surface area contributed by atoms with Gasteiger partial charge in [0.2, 0.25) is 4.96 Å². The molecule has 2 unspecified atom stereocenters. The number of hydrogen-bond acceptors (Lipinski definition) is 7. The van der Waals surface area contributed by atoms with Crippen LogP contribution in [0.3, 0.4) is 0 Å². The summed E-state index contributed by atoms with van der Waals surface area (Å²) in [7, 11) is 0. The van der Waals surface area contributed by atoms with Crippen LogP contribution < -0.4 is 11.3 Å². The maximum absolute atomic E-state index is 11.9. The zero-order valence-corrected chi connectivity index (χ0v) is 13.0. The Morgan fingerprint density at radius 3 is 3.19 bits per heavy atom. The highest BCUT2D eigenvalue weighted by Crippen LogP contribution is 2.16. The fraction of sp³-hybridized carbons (Fsp3) is 0.615. The molecule has 0 radical (unpaired) electrons. The number of aryl methyl sites for hydroxylation is 1. The average Bonchev–Trinajstić information content (AvgIpc) is 2.81. The molecule has 7 nitrogen and oxygen atoms in total. The van der Waals surface area contributed by atoms with E-state index in [1.165, 1.54) is 21.9 Å². The van der Waals surface area contributed by atoms with E-state index in [-0.39, 0.29) is 17.7 Å². The van der Waals surface area contributed by atoms with Crippen LogP contribution in [0, 0.1) is 6.92 Å². The maximum Gasteiger partial charge on any atom is 0.275 e. The van der Waals surface area contributed by atoms with Crippen molar-refractivity contribution < 1.29 is 4.74 Å². The third-order valence-corrected chi connectivity index (χ3v) is 4.43. The van der Waals surface area contributed by atoms with Crippen LogP contribution in [-0.4, -0.2) is 51.3 Å². The zero-order chi connectivity index (χ0) is 15.0. The summed E-state index contributed by atoms with van der Waals surface area (Å²) in [5, 5.41) is 5.25. The Kier molecular flexibility index (Phi) is 4.03. The highest BCUT2D eigenvalue weighted by Gasteiger charge is 2.24. The average molecular weight is 309 g/mol. The molecule has 2 N–H and O–H groups in total. The van der Waals surface area contributed by atoms with Crippen LogP contribution in [-0.2, 0) is 11.3 Å². The normalized spacial score (nSPS) is 21.8. The monoisotopic (exact) mass is 309 g/mol. The molecule has 1 aliphatic rings. The van der Waals surface area contributed by atoms with Crippen molar-refractivity contribution in [1.29, 1.82) is 0 Å². The topological polar surface area (TPSA) is 85.8 Å². The van der Waals surface area contributed by atoms with Crippen LogP contribution >= 0.6 is 11.3 Å². The summed E-state index contributed by atoms with van der Waals surface area (Å²) in [6, 6.07) is 1.51. The number of aromatic nitrogens is 3. The lowest BCUT2D eigenvalue weighted by atomic mass is 10.1. The van der Waals surface area contributed by atoms with Gasteiger partial charge in [-0.3, -0.25) is 9.69 Å². The summed E-state index contributed by atoms with van der Waals surface area (Å²) in [5.74, 6) is 0. The number of morpholine rings is 1. The second-order valence-electron chi connectivity index (χ2n) is 5.43. The van der Waals surface area contributed by atoms with E-state index in [1.807, 2.05) is 13.8 Å². The first-order valence-electron chi connectivity index (χ1n) is 6.99. The van der Waals surface area contributed by atoms with Crippen molar-refractivity contribution in [1.82, 2.24) is 19.5 Å². The second-order valence-corrected chi connectivity index (χ2v) is 6.47. The number of hydrogen-bond donors (Lipinski definition) is 1. The first kappa shape index (κ1) is 14.6. The van der Waals surface area contributed by atoms with Crippen molar-refractivity contribution in [3.63, 3.8) is 0 Å². The van der Waals surface area contributed by atoms with Gasteiger partial charge in [0.25, 0.3) is 5.56 Å². The standard InChI is InChI=1S/C13H19N5O2S/c1-8-5-12(19)18-13(15-8)21-11(16-18)7-17-3-4-20-10(6-17)9(2)14/h5,9-10H,3-4,6-7,14H2,1-2H3. The molecule has 1 aliphatic heterocycles. The summed E-state index contributed by atoms with van der Waals surface area (Å²) in [6.07, 6.45) is 0.0521. The molecule has 2 atom stereocenters. The van der Waals surface area contributed by atoms with Gasteiger partial charge in [-0.2, -0.15) is 9.61 Å². The Morgan fingerprint density at radius 1 is 1.62 bits per heavy atom. The number of nitrogens with zero attached hydrogens (tertiary/aromatic N) is 4. The quantitative estimate of drug-likeness (QED) is 0.859. The summed E-state index contributed by atoms with van der Waals surface area (Å²) < 4.78 is 7.02. The van der Waals surface area contributed by atoms with Crippen molar-refractivity contribution in [3.05, 3.63) is 27.1 Å². The van der Waals surface area contributed by atoms with Gasteiger partial charge >= 0.3 is 0 Å². The SMILES string of the molecule is Cc1cc(=O)n2nc(CN3CCOC(C(C)N)C3)sc2n1. The third kappa shape index (κ3) is 3.13. The van der Waals surface area contributed by atoms with E-state index in [1.54, 1.807) is 0 Å². The molecular formula is C13H19N5O2S. The summed E-state index contributed by atoms with van der Waals surface area (Å²) in [4.78, 5) is 19.1. The predicted molar refractivity (Wildman–Crippen MR) is 80.5 cm³/mol. The van der Waals surface area contributed by atoms with Gasteiger partial charge in [-0.1, -0.05) is 11.3 Å². The maximum atomic E-state index is 11.9. The van der Waals surface area contributed by atoms with Gasteiger partial charge in [-0.25, -0.2) is 4.98 Å². The van der Waals surface area contributed by atoms with E-state index < -0.39 is 0 Å². The van der Waals surface area contributed by atoms with Gasteiger partial charge in [0.05, 0.1) is 19.3 Å². The minimum atomic E-state index is -0.129. The molecule has 1 fully saturated rings. The molecule has 3 heterocycles. The van der Waals surface area contributed by atoms with Gasteiger partial charge < -0.3 is 10.5 Å². The first-order chi connectivity index (χ1) is 10.0. The summed E-state index contributed by atoms with van der Waals surface area (Å²) >= 11 is 1.46. The van der Waals surface area contributed by atoms with Crippen molar-refractivity contribution in [3.8, 4) is 0 Å². The van der Waals surface area contributed by atoms with Gasteiger partial charge in [-0.15, -0.1) is 0 Å². The van der Waals surface area contributed by atoms with Crippen molar-refractivity contribution in [2.45, 2.75) is 32.5 Å². The fourth-order valence-corrected chi connectivity index (χ4v) is 3.40. The molecule has 3 rings (SSSR count). The summed E-state index contributed by atoms with van der Waals surface area (Å²) in [6.45, 7) is 6.77. The molecule has 114 valence electrons. The van der Waals surface area contributed by atoms with E-state index in [2.05, 4.69) is 15.0 Å². The molecule has 0 spiro atoms. The number of ether oxygens (including phenoxy) is 1. The van der Waals surface area contributed by atoms with Gasteiger partial charge in [0.15, 0.2) is 0 Å². The fourth-order valence-electron chi connectivity index (χ4n) is 2.41. The predicted octanol–water partition coefficient (Wildman–Crippen LogP) is 0.00742. The Balaban J connectivity index is 1.79. The number of fused-ring (bicyclic) bond motifs is 1. The molecule has 21 heavy (non-hydrogen) atoms. The van der Waals surface area contributed by atoms with Crippen molar-refractivity contribution >= 4 is 16.3 Å². The van der Waals surface area contributed by atoms with Crippen LogP contribution in [0.2, 0.25) is 0 Å². The van der Waals surface area contributed by atoms with Gasteiger partial charge in [0.1, 0.15) is 5.01 Å². The molecule has 1 saturated heterocycles. The molecule has 0 aromatic carbocycles. The van der Waals surface area contributed by atoms with Crippen LogP contribution in [0.1, 0.15) is 17.6 Å². The van der Waals surface area contributed by atoms with Crippen LogP contribution in [0.25, 0.3) is 4.96 Å². The van der Waals surface area contributed by atoms with Crippen LogP contribution in [0.15, 0.2) is 10.9 Å². The Hall–Kier alpha value is -1.35. The largest absolute Gasteiger partial charge is 0.374 e. The molecule has 0 amide bonds. The lowest BCUT2D eigenvalue weighted by Gasteiger charge is -2.34. The van der Waals surface area contributed by atoms with Crippen LogP contribution in [0.5, 0.6) is 0 Å². The lowest BCUT2D eigenvalue weighted by Crippen LogP contribution is -2.49. The van der Waals surface area contributed by atoms with E-state index in [9.17, 15) is 4.79 Å². The Labute approximate surface area is 126 Å². The van der Waals surface area contributed by atoms with Crippen LogP contribution in [0.4, 0.5) is 0 Å². The number of rotatable bonds is 3. The smallest absolute Gasteiger partial charge is 0.275 e. The lowest BCUT2D eigenvalue weighted by molar-refractivity contribution is -0.0404. The number of nitrogens with two attached hydrogens (primary N) is 1. The minimum absolute atomic E-state index is 0.00935. The Bertz CT molecular complexity index is 695. The minimum Gasteiger partial charge on any atom is -0.374 e. The van der Waals surface area contributed by atoms with E-state index in [0.29, 0.717) is 18.1 Å². The van der Waals surface area contributed by atoms with E-state index in [4.69, 9.17) is 10.5 Å². The third-order valence-electron chi connectivity index (χ3n) is 3.54. The second kappa shape index (κ2) is 5.80. The molecule has 8 heteroatoms. The Morgan fingerprint density at radius 2 is 2.43 bits per heavy atom. The van der Waals surface area contributed by atoms with E-state index in [0.717, 1.165) is 23.8 Å². The summed E-state index contributed by atoms with van der Waals surface area (Å²) in [5.41, 5.74) is 6.49. The highest BCUT2D eigenvalue weighted by atomic mass is 32.1. The van der Waals surface area contributed by atoms with E-state index >= 15 is 0 Å². The van der Waals surface area contributed by atoms with Crippen molar-refractivity contribution in [2.24, 2.45) is 5.73 Å². The molecule has 0 bridgehead atoms. The van der Waals surface area contributed by atoms with Crippen molar-refractivity contribution in [2.75, 3.05) is 19.7 Å². The molecule has 2 aromatic heterocycles. The molecular weight excluding hydrogens is 290 g/mol. The molecule has 0 saturated carbocycles. The molecule has 0 aliphatic carbocycles. The molecule has 2 aromatic rings. The first-order valence-corrected chi connectivity index (χ1v) is 7.80. The van der Waals surface area contributed by atoms with Gasteiger partial charge in [-0.05, 0) is 13.8 Å². The highest BCUT2D eigenvalue weighted by molar-refractivity contribution is 7.16. The zero-order valence-electron chi connectivity index (χ0n) is 12.2. The van der Waals surface area contributed by atoms with Gasteiger partial charge in [0, 0.05) is 30.9 Å².